The standard InChI is InChI=1S/C9H17NO2S/c1-4-6-13-7-5-10-8(11)9(2,3)12/h4,12H,1,5-7H2,2-3H3,(H,10,11). The van der Waals surface area contributed by atoms with Crippen LogP contribution in [0.15, 0.2) is 12.7 Å². The first-order chi connectivity index (χ1) is 5.98. The van der Waals surface area contributed by atoms with Gasteiger partial charge in [0.25, 0.3) is 5.91 Å². The summed E-state index contributed by atoms with van der Waals surface area (Å²) >= 11 is 1.69. The number of hydrogen-bond acceptors (Lipinski definition) is 3. The van der Waals surface area contributed by atoms with Gasteiger partial charge in [-0.2, -0.15) is 11.8 Å². The molecule has 0 radical (unpaired) electrons. The number of rotatable bonds is 6. The number of hydrogen-bond donors (Lipinski definition) is 2. The van der Waals surface area contributed by atoms with E-state index in [0.29, 0.717) is 6.54 Å². The van der Waals surface area contributed by atoms with E-state index in [9.17, 15) is 9.90 Å². The molecule has 2 N–H and O–H groups in total. The Hall–Kier alpha value is -0.480. The van der Waals surface area contributed by atoms with Crippen molar-refractivity contribution < 1.29 is 9.90 Å². The molecular weight excluding hydrogens is 186 g/mol. The lowest BCUT2D eigenvalue weighted by molar-refractivity contribution is -0.136. The van der Waals surface area contributed by atoms with Gasteiger partial charge in [-0.25, -0.2) is 0 Å². The maximum atomic E-state index is 11.1. The molecule has 0 aromatic carbocycles. The quantitative estimate of drug-likeness (QED) is 0.496. The lowest BCUT2D eigenvalue weighted by atomic mass is 10.1. The zero-order valence-corrected chi connectivity index (χ0v) is 8.99. The van der Waals surface area contributed by atoms with Crippen molar-refractivity contribution in [3.05, 3.63) is 12.7 Å². The maximum absolute atomic E-state index is 11.1. The Labute approximate surface area is 83.6 Å². The van der Waals surface area contributed by atoms with E-state index in [1.807, 2.05) is 6.08 Å². The molecule has 0 aliphatic rings. The summed E-state index contributed by atoms with van der Waals surface area (Å²) in [6.07, 6.45) is 1.82. The molecule has 0 spiro atoms. The lowest BCUT2D eigenvalue weighted by Crippen LogP contribution is -2.42. The second-order valence-corrected chi connectivity index (χ2v) is 4.33. The molecule has 3 nitrogen and oxygen atoms in total. The normalized spacial score (nSPS) is 11.0. The van der Waals surface area contributed by atoms with E-state index in [1.54, 1.807) is 11.8 Å². The fourth-order valence-electron chi connectivity index (χ4n) is 0.620. The van der Waals surface area contributed by atoms with E-state index in [4.69, 9.17) is 0 Å². The van der Waals surface area contributed by atoms with Gasteiger partial charge in [0.15, 0.2) is 0 Å². The minimum Gasteiger partial charge on any atom is -0.381 e. The molecule has 1 amide bonds. The number of carbonyl (C=O) groups is 1. The summed E-state index contributed by atoms with van der Waals surface area (Å²) < 4.78 is 0. The van der Waals surface area contributed by atoms with Crippen LogP contribution in [0.25, 0.3) is 0 Å². The largest absolute Gasteiger partial charge is 0.381 e. The average Bonchev–Trinajstić information content (AvgIpc) is 2.02. The van der Waals surface area contributed by atoms with Crippen LogP contribution in [0.4, 0.5) is 0 Å². The van der Waals surface area contributed by atoms with Crippen LogP contribution in [0.5, 0.6) is 0 Å². The number of carbonyl (C=O) groups excluding carboxylic acids is 1. The van der Waals surface area contributed by atoms with Gasteiger partial charge in [-0.05, 0) is 13.8 Å². The van der Waals surface area contributed by atoms with Gasteiger partial charge in [0.1, 0.15) is 5.60 Å². The molecular formula is C9H17NO2S. The second-order valence-electron chi connectivity index (χ2n) is 3.18. The molecule has 0 rings (SSSR count). The highest BCUT2D eigenvalue weighted by atomic mass is 32.2. The zero-order chi connectivity index (χ0) is 10.3. The highest BCUT2D eigenvalue weighted by molar-refractivity contribution is 7.99. The van der Waals surface area contributed by atoms with Crippen molar-refractivity contribution in [2.24, 2.45) is 0 Å². The molecule has 0 unspecified atom stereocenters. The SMILES string of the molecule is C=CCSCCNC(=O)C(C)(C)O. The minimum atomic E-state index is -1.27. The zero-order valence-electron chi connectivity index (χ0n) is 8.17. The molecule has 4 heteroatoms. The number of nitrogens with one attached hydrogen (secondary N) is 1. The average molecular weight is 203 g/mol. The molecule has 0 saturated carbocycles. The monoisotopic (exact) mass is 203 g/mol. The molecule has 0 aliphatic carbocycles. The van der Waals surface area contributed by atoms with E-state index < -0.39 is 5.60 Å². The molecule has 76 valence electrons. The lowest BCUT2D eigenvalue weighted by Gasteiger charge is -2.16. The van der Waals surface area contributed by atoms with Gasteiger partial charge >= 0.3 is 0 Å². The van der Waals surface area contributed by atoms with Crippen LogP contribution in [0, 0.1) is 0 Å². The van der Waals surface area contributed by atoms with Crippen LogP contribution >= 0.6 is 11.8 Å². The Morgan fingerprint density at radius 2 is 2.31 bits per heavy atom. The van der Waals surface area contributed by atoms with Crippen LogP contribution in [0.1, 0.15) is 13.8 Å². The first-order valence-electron chi connectivity index (χ1n) is 4.18. The summed E-state index contributed by atoms with van der Waals surface area (Å²) in [4.78, 5) is 11.1. The van der Waals surface area contributed by atoms with E-state index in [1.165, 1.54) is 13.8 Å². The number of amides is 1. The van der Waals surface area contributed by atoms with Gasteiger partial charge in [-0.3, -0.25) is 4.79 Å². The van der Waals surface area contributed by atoms with Crippen LogP contribution in [0.3, 0.4) is 0 Å². The molecule has 0 aliphatic heterocycles. The van der Waals surface area contributed by atoms with Crippen LogP contribution in [-0.2, 0) is 4.79 Å². The van der Waals surface area contributed by atoms with Gasteiger partial charge in [0, 0.05) is 18.1 Å². The fraction of sp³-hybridized carbons (Fsp3) is 0.667. The van der Waals surface area contributed by atoms with E-state index in [2.05, 4.69) is 11.9 Å². The first-order valence-corrected chi connectivity index (χ1v) is 5.33. The highest BCUT2D eigenvalue weighted by Gasteiger charge is 2.22. The van der Waals surface area contributed by atoms with Crippen LogP contribution in [0.2, 0.25) is 0 Å². The minimum absolute atomic E-state index is 0.327. The van der Waals surface area contributed by atoms with E-state index >= 15 is 0 Å². The summed E-state index contributed by atoms with van der Waals surface area (Å²) in [5.41, 5.74) is -1.27. The van der Waals surface area contributed by atoms with E-state index in [0.717, 1.165) is 11.5 Å². The van der Waals surface area contributed by atoms with Crippen molar-refractivity contribution in [1.82, 2.24) is 5.32 Å². The summed E-state index contributed by atoms with van der Waals surface area (Å²) in [5, 5.41) is 11.9. The predicted molar refractivity (Wildman–Crippen MR) is 56.8 cm³/mol. The van der Waals surface area contributed by atoms with Gasteiger partial charge < -0.3 is 10.4 Å². The smallest absolute Gasteiger partial charge is 0.251 e. The van der Waals surface area contributed by atoms with Gasteiger partial charge in [-0.1, -0.05) is 6.08 Å². The van der Waals surface area contributed by atoms with E-state index in [-0.39, 0.29) is 5.91 Å². The Kier molecular flexibility index (Phi) is 5.82. The summed E-state index contributed by atoms with van der Waals surface area (Å²) in [6.45, 7) is 7.11. The summed E-state index contributed by atoms with van der Waals surface area (Å²) in [6, 6.07) is 0. The third-order valence-electron chi connectivity index (χ3n) is 1.32. The third-order valence-corrected chi connectivity index (χ3v) is 2.29. The van der Waals surface area contributed by atoms with Crippen molar-refractivity contribution >= 4 is 17.7 Å². The Bertz CT molecular complexity index is 175. The Morgan fingerprint density at radius 1 is 1.69 bits per heavy atom. The number of thioether (sulfide) groups is 1. The van der Waals surface area contributed by atoms with Gasteiger partial charge in [0.2, 0.25) is 0 Å². The second kappa shape index (κ2) is 6.05. The van der Waals surface area contributed by atoms with Gasteiger partial charge in [0.05, 0.1) is 0 Å². The Balaban J connectivity index is 3.43. The fourth-order valence-corrected chi connectivity index (χ4v) is 1.20. The molecule has 0 bridgehead atoms. The van der Waals surface area contributed by atoms with Crippen molar-refractivity contribution in [1.29, 1.82) is 0 Å². The molecule has 0 heterocycles. The highest BCUT2D eigenvalue weighted by Crippen LogP contribution is 2.01. The van der Waals surface area contributed by atoms with Crippen molar-refractivity contribution in [3.8, 4) is 0 Å². The maximum Gasteiger partial charge on any atom is 0.251 e. The number of aliphatic hydroxyl groups is 1. The van der Waals surface area contributed by atoms with Gasteiger partial charge in [-0.15, -0.1) is 6.58 Å². The predicted octanol–water partition coefficient (Wildman–Crippen LogP) is 0.793. The van der Waals surface area contributed by atoms with Crippen molar-refractivity contribution in [2.45, 2.75) is 19.4 Å². The van der Waals surface area contributed by atoms with Crippen LogP contribution in [-0.4, -0.2) is 34.7 Å². The summed E-state index contributed by atoms with van der Waals surface area (Å²) in [5.74, 6) is 1.40. The molecule has 0 aromatic rings. The molecule has 0 fully saturated rings. The topological polar surface area (TPSA) is 49.3 Å². The first kappa shape index (κ1) is 12.5. The molecule has 0 saturated heterocycles. The molecule has 0 aromatic heterocycles. The third kappa shape index (κ3) is 6.66. The molecule has 0 atom stereocenters. The van der Waals surface area contributed by atoms with Crippen molar-refractivity contribution in [2.75, 3.05) is 18.1 Å². The summed E-state index contributed by atoms with van der Waals surface area (Å²) in [7, 11) is 0. The van der Waals surface area contributed by atoms with Crippen LogP contribution < -0.4 is 5.32 Å². The van der Waals surface area contributed by atoms with Crippen molar-refractivity contribution in [3.63, 3.8) is 0 Å². The molecule has 13 heavy (non-hydrogen) atoms. The Morgan fingerprint density at radius 3 is 2.77 bits per heavy atom.